The van der Waals surface area contributed by atoms with E-state index in [4.69, 9.17) is 0 Å². The fraction of sp³-hybridized carbons (Fsp3) is 0.154. The number of nitro groups is 1. The number of rotatable bonds is 4. The van der Waals surface area contributed by atoms with Crippen LogP contribution in [0.3, 0.4) is 0 Å². The van der Waals surface area contributed by atoms with E-state index < -0.39 is 0 Å². The van der Waals surface area contributed by atoms with Gasteiger partial charge in [0.25, 0.3) is 5.69 Å². The predicted molar refractivity (Wildman–Crippen MR) is 82.9 cm³/mol. The van der Waals surface area contributed by atoms with Crippen molar-refractivity contribution in [3.63, 3.8) is 0 Å². The lowest BCUT2D eigenvalue weighted by molar-refractivity contribution is -0.384. The largest absolute Gasteiger partial charge is 0.269 e. The summed E-state index contributed by atoms with van der Waals surface area (Å²) in [6.07, 6.45) is 4.03. The molecule has 106 valence electrons. The molecule has 8 heteroatoms. The number of nitro benzene ring substituents is 1. The molecule has 0 aliphatic carbocycles. The van der Waals surface area contributed by atoms with E-state index in [1.165, 1.54) is 35.5 Å². The number of nitrogens with zero attached hydrogens (tertiary/aromatic N) is 4. The summed E-state index contributed by atoms with van der Waals surface area (Å²) in [5.74, 6) is 0. The van der Waals surface area contributed by atoms with Gasteiger partial charge in [0.05, 0.1) is 9.93 Å². The van der Waals surface area contributed by atoms with Gasteiger partial charge >= 0.3 is 0 Å². The molecule has 0 atom stereocenters. The summed E-state index contributed by atoms with van der Waals surface area (Å²) in [4.78, 5) is 24.2. The molecule has 0 unspecified atom stereocenters. The SMILES string of the molecule is CSc1ncnc2sc(Cc3cccc([N+](=O)[O-])c3)nc12. The molecular formula is C13H10N4O2S2. The maximum Gasteiger partial charge on any atom is 0.269 e. The average molecular weight is 318 g/mol. The van der Waals surface area contributed by atoms with Crippen molar-refractivity contribution in [3.8, 4) is 0 Å². The normalized spacial score (nSPS) is 10.9. The van der Waals surface area contributed by atoms with Crippen molar-refractivity contribution < 1.29 is 4.92 Å². The molecule has 0 saturated heterocycles. The average Bonchev–Trinajstić information content (AvgIpc) is 2.89. The Morgan fingerprint density at radius 2 is 2.24 bits per heavy atom. The molecule has 1 aromatic carbocycles. The van der Waals surface area contributed by atoms with Gasteiger partial charge in [-0.3, -0.25) is 10.1 Å². The number of benzene rings is 1. The highest BCUT2D eigenvalue weighted by Crippen LogP contribution is 2.28. The van der Waals surface area contributed by atoms with Gasteiger partial charge in [-0.05, 0) is 11.8 Å². The molecule has 0 amide bonds. The second-order valence-electron chi connectivity index (χ2n) is 4.25. The van der Waals surface area contributed by atoms with E-state index in [-0.39, 0.29) is 10.6 Å². The maximum absolute atomic E-state index is 10.8. The Hall–Kier alpha value is -2.06. The lowest BCUT2D eigenvalue weighted by atomic mass is 10.1. The van der Waals surface area contributed by atoms with E-state index in [9.17, 15) is 10.1 Å². The first-order valence-electron chi connectivity index (χ1n) is 6.05. The molecule has 3 aromatic rings. The number of aromatic nitrogens is 3. The third kappa shape index (κ3) is 2.86. The highest BCUT2D eigenvalue weighted by Gasteiger charge is 2.12. The zero-order valence-electron chi connectivity index (χ0n) is 11.0. The molecular weight excluding hydrogens is 308 g/mol. The van der Waals surface area contributed by atoms with Gasteiger partial charge in [-0.25, -0.2) is 15.0 Å². The highest BCUT2D eigenvalue weighted by molar-refractivity contribution is 7.98. The van der Waals surface area contributed by atoms with Crippen LogP contribution >= 0.6 is 23.1 Å². The molecule has 0 fully saturated rings. The Labute approximate surface area is 128 Å². The molecule has 21 heavy (non-hydrogen) atoms. The molecule has 0 spiro atoms. The Morgan fingerprint density at radius 1 is 1.38 bits per heavy atom. The second-order valence-corrected chi connectivity index (χ2v) is 6.11. The number of hydrogen-bond donors (Lipinski definition) is 0. The first-order chi connectivity index (χ1) is 10.2. The number of non-ortho nitro benzene ring substituents is 1. The van der Waals surface area contributed by atoms with E-state index in [0.29, 0.717) is 6.42 Å². The Kier molecular flexibility index (Phi) is 3.80. The Balaban J connectivity index is 1.95. The molecule has 0 N–H and O–H groups in total. The van der Waals surface area contributed by atoms with Crippen LogP contribution in [0.1, 0.15) is 10.6 Å². The highest BCUT2D eigenvalue weighted by atomic mass is 32.2. The number of fused-ring (bicyclic) bond motifs is 1. The first-order valence-corrected chi connectivity index (χ1v) is 8.09. The smallest absolute Gasteiger partial charge is 0.258 e. The first kappa shape index (κ1) is 13.9. The van der Waals surface area contributed by atoms with E-state index >= 15 is 0 Å². The molecule has 6 nitrogen and oxygen atoms in total. The van der Waals surface area contributed by atoms with Crippen molar-refractivity contribution in [2.45, 2.75) is 11.4 Å². The van der Waals surface area contributed by atoms with Crippen LogP contribution in [0.2, 0.25) is 0 Å². The van der Waals surface area contributed by atoms with Crippen molar-refractivity contribution in [1.82, 2.24) is 15.0 Å². The van der Waals surface area contributed by atoms with Crippen molar-refractivity contribution >= 4 is 39.1 Å². The van der Waals surface area contributed by atoms with Gasteiger partial charge in [-0.1, -0.05) is 23.5 Å². The zero-order valence-corrected chi connectivity index (χ0v) is 12.6. The van der Waals surface area contributed by atoms with E-state index in [0.717, 1.165) is 25.9 Å². The van der Waals surface area contributed by atoms with E-state index in [1.54, 1.807) is 12.1 Å². The van der Waals surface area contributed by atoms with Crippen molar-refractivity contribution in [2.75, 3.05) is 6.26 Å². The van der Waals surface area contributed by atoms with Gasteiger partial charge in [-0.2, -0.15) is 0 Å². The molecule has 3 rings (SSSR count). The topological polar surface area (TPSA) is 81.8 Å². The van der Waals surface area contributed by atoms with Gasteiger partial charge < -0.3 is 0 Å². The summed E-state index contributed by atoms with van der Waals surface area (Å²) in [5.41, 5.74) is 1.76. The molecule has 0 radical (unpaired) electrons. The van der Waals surface area contributed by atoms with Gasteiger partial charge in [0.15, 0.2) is 0 Å². The second kappa shape index (κ2) is 5.74. The number of thiazole rings is 1. The number of thioether (sulfide) groups is 1. The summed E-state index contributed by atoms with van der Waals surface area (Å²) < 4.78 is 0. The van der Waals surface area contributed by atoms with Crippen molar-refractivity contribution in [2.24, 2.45) is 0 Å². The lowest BCUT2D eigenvalue weighted by Gasteiger charge is -1.97. The Morgan fingerprint density at radius 3 is 3.00 bits per heavy atom. The van der Waals surface area contributed by atoms with E-state index in [1.807, 2.05) is 12.3 Å². The molecule has 0 aliphatic rings. The molecule has 2 heterocycles. The summed E-state index contributed by atoms with van der Waals surface area (Å²) in [5, 5.41) is 12.5. The predicted octanol–water partition coefficient (Wildman–Crippen LogP) is 3.31. The van der Waals surface area contributed by atoms with Gasteiger partial charge in [0.1, 0.15) is 21.7 Å². The van der Waals surface area contributed by atoms with Gasteiger partial charge in [-0.15, -0.1) is 11.8 Å². The van der Waals surface area contributed by atoms with Crippen LogP contribution in [-0.4, -0.2) is 26.1 Å². The van der Waals surface area contributed by atoms with Crippen LogP contribution in [0, 0.1) is 10.1 Å². The molecule has 0 saturated carbocycles. The summed E-state index contributed by atoms with van der Waals surface area (Å²) in [6.45, 7) is 0. The molecule has 0 aliphatic heterocycles. The van der Waals surface area contributed by atoms with E-state index in [2.05, 4.69) is 15.0 Å². The summed E-state index contributed by atoms with van der Waals surface area (Å²) >= 11 is 3.02. The molecule has 0 bridgehead atoms. The standard InChI is InChI=1S/C13H10N4O2S2/c1-20-12-11-13(15-7-14-12)21-10(16-11)6-8-3-2-4-9(5-8)17(18)19/h2-5,7H,6H2,1H3. The van der Waals surface area contributed by atoms with Crippen LogP contribution in [0.5, 0.6) is 0 Å². The van der Waals surface area contributed by atoms with Crippen molar-refractivity contribution in [3.05, 3.63) is 51.3 Å². The lowest BCUT2D eigenvalue weighted by Crippen LogP contribution is -1.91. The number of hydrogen-bond acceptors (Lipinski definition) is 7. The van der Waals surface area contributed by atoms with Crippen LogP contribution in [0.15, 0.2) is 35.6 Å². The van der Waals surface area contributed by atoms with Crippen LogP contribution in [0.4, 0.5) is 5.69 Å². The molecule has 2 aromatic heterocycles. The van der Waals surface area contributed by atoms with Crippen LogP contribution < -0.4 is 0 Å². The fourth-order valence-corrected chi connectivity index (χ4v) is 3.45. The third-order valence-corrected chi connectivity index (χ3v) is 4.53. The quantitative estimate of drug-likeness (QED) is 0.318. The maximum atomic E-state index is 10.8. The van der Waals surface area contributed by atoms with Crippen molar-refractivity contribution in [1.29, 1.82) is 0 Å². The van der Waals surface area contributed by atoms with Gasteiger partial charge in [0, 0.05) is 18.6 Å². The minimum atomic E-state index is -0.390. The fourth-order valence-electron chi connectivity index (χ4n) is 1.96. The zero-order chi connectivity index (χ0) is 14.8. The summed E-state index contributed by atoms with van der Waals surface area (Å²) in [6, 6.07) is 6.61. The minimum absolute atomic E-state index is 0.0956. The van der Waals surface area contributed by atoms with Crippen LogP contribution in [-0.2, 0) is 6.42 Å². The Bertz CT molecular complexity index is 819. The third-order valence-electron chi connectivity index (χ3n) is 2.88. The monoisotopic (exact) mass is 318 g/mol. The van der Waals surface area contributed by atoms with Gasteiger partial charge in [0.2, 0.25) is 0 Å². The summed E-state index contributed by atoms with van der Waals surface area (Å²) in [7, 11) is 0. The van der Waals surface area contributed by atoms with Crippen LogP contribution in [0.25, 0.3) is 10.3 Å². The minimum Gasteiger partial charge on any atom is -0.258 e.